The molecule has 0 radical (unpaired) electrons. The number of ether oxygens (including phenoxy) is 2. The van der Waals surface area contributed by atoms with Gasteiger partial charge in [0.25, 0.3) is 0 Å². The van der Waals surface area contributed by atoms with Crippen LogP contribution < -0.4 is 5.32 Å². The summed E-state index contributed by atoms with van der Waals surface area (Å²) in [6, 6.07) is -0.325. The fourth-order valence-corrected chi connectivity index (χ4v) is 0.972. The second-order valence-electron chi connectivity index (χ2n) is 3.17. The van der Waals surface area contributed by atoms with Crippen LogP contribution in [0.2, 0.25) is 0 Å². The third kappa shape index (κ3) is 3.33. The van der Waals surface area contributed by atoms with E-state index in [0.29, 0.717) is 6.61 Å². The Morgan fingerprint density at radius 2 is 2.21 bits per heavy atom. The molecule has 1 unspecified atom stereocenters. The van der Waals surface area contributed by atoms with Crippen LogP contribution in [0, 0.1) is 0 Å². The minimum Gasteiger partial charge on any atom is -0.434 e. The number of hydrogen-bond acceptors (Lipinski definition) is 5. The van der Waals surface area contributed by atoms with Crippen LogP contribution in [0.15, 0.2) is 0 Å². The molecule has 1 atom stereocenters. The van der Waals surface area contributed by atoms with Crippen LogP contribution in [0.1, 0.15) is 26.2 Å². The molecule has 1 N–H and O–H groups in total. The molecule has 80 valence electrons. The van der Waals surface area contributed by atoms with E-state index in [-0.39, 0.29) is 6.04 Å². The maximum Gasteiger partial charge on any atom is 0.516 e. The zero-order valence-corrected chi connectivity index (χ0v) is 8.25. The van der Waals surface area contributed by atoms with E-state index in [1.54, 1.807) is 0 Å². The molecule has 0 aromatic heterocycles. The van der Waals surface area contributed by atoms with E-state index in [4.69, 9.17) is 0 Å². The Balaban J connectivity index is 2.09. The van der Waals surface area contributed by atoms with Gasteiger partial charge in [-0.05, 0) is 19.4 Å². The van der Waals surface area contributed by atoms with Crippen LogP contribution in [0.3, 0.4) is 0 Å². The zero-order valence-electron chi connectivity index (χ0n) is 8.25. The first-order chi connectivity index (χ1) is 6.74. The third-order valence-corrected chi connectivity index (χ3v) is 2.01. The first-order valence-corrected chi connectivity index (χ1v) is 4.86. The van der Waals surface area contributed by atoms with Crippen LogP contribution in [-0.4, -0.2) is 31.3 Å². The standard InChI is InChI=1S/C9H15NO4/c1-2-3-6-13-9(12)14-8(11)7-4-5-10-7/h7,10H,2-6H2,1H3. The lowest BCUT2D eigenvalue weighted by Crippen LogP contribution is -2.49. The van der Waals surface area contributed by atoms with Crippen LogP contribution in [0.4, 0.5) is 4.79 Å². The molecule has 0 bridgehead atoms. The largest absolute Gasteiger partial charge is 0.516 e. The molecule has 1 aliphatic rings. The molecule has 1 heterocycles. The van der Waals surface area contributed by atoms with Gasteiger partial charge in [-0.25, -0.2) is 9.59 Å². The van der Waals surface area contributed by atoms with Gasteiger partial charge in [-0.15, -0.1) is 0 Å². The number of rotatable bonds is 4. The fourth-order valence-electron chi connectivity index (χ4n) is 0.972. The van der Waals surface area contributed by atoms with Gasteiger partial charge in [0.1, 0.15) is 6.04 Å². The third-order valence-electron chi connectivity index (χ3n) is 2.01. The van der Waals surface area contributed by atoms with Crippen LogP contribution in [0.5, 0.6) is 0 Å². The minimum atomic E-state index is -0.892. The number of hydrogen-bond donors (Lipinski definition) is 1. The number of unbranched alkanes of at least 4 members (excludes halogenated alkanes) is 1. The van der Waals surface area contributed by atoms with E-state index in [9.17, 15) is 9.59 Å². The summed E-state index contributed by atoms with van der Waals surface area (Å²) in [5.41, 5.74) is 0. The number of esters is 1. The highest BCUT2D eigenvalue weighted by Crippen LogP contribution is 2.04. The van der Waals surface area contributed by atoms with Crippen molar-refractivity contribution in [1.82, 2.24) is 5.32 Å². The van der Waals surface area contributed by atoms with E-state index in [1.807, 2.05) is 6.92 Å². The summed E-state index contributed by atoms with van der Waals surface area (Å²) in [6.45, 7) is 3.09. The normalized spacial score (nSPS) is 19.6. The predicted molar refractivity (Wildman–Crippen MR) is 48.8 cm³/mol. The molecule has 5 heteroatoms. The van der Waals surface area contributed by atoms with E-state index in [1.165, 1.54) is 0 Å². The van der Waals surface area contributed by atoms with Crippen molar-refractivity contribution in [2.75, 3.05) is 13.2 Å². The van der Waals surface area contributed by atoms with Crippen molar-refractivity contribution in [3.63, 3.8) is 0 Å². The Morgan fingerprint density at radius 1 is 1.50 bits per heavy atom. The number of carbonyl (C=O) groups excluding carboxylic acids is 2. The molecule has 1 fully saturated rings. The second kappa shape index (κ2) is 5.59. The topological polar surface area (TPSA) is 64.6 Å². The number of nitrogens with one attached hydrogen (secondary N) is 1. The summed E-state index contributed by atoms with van der Waals surface area (Å²) in [5.74, 6) is -0.544. The van der Waals surface area contributed by atoms with E-state index in [2.05, 4.69) is 14.8 Å². The summed E-state index contributed by atoms with van der Waals surface area (Å²) >= 11 is 0. The van der Waals surface area contributed by atoms with Crippen molar-refractivity contribution in [3.05, 3.63) is 0 Å². The van der Waals surface area contributed by atoms with Crippen molar-refractivity contribution >= 4 is 12.1 Å². The SMILES string of the molecule is CCCCOC(=O)OC(=O)C1CCN1. The highest BCUT2D eigenvalue weighted by Gasteiger charge is 2.28. The van der Waals surface area contributed by atoms with Gasteiger partial charge in [0.05, 0.1) is 6.61 Å². The Labute approximate surface area is 82.8 Å². The quantitative estimate of drug-likeness (QED) is 0.414. The Bertz CT molecular complexity index is 213. The van der Waals surface area contributed by atoms with Gasteiger partial charge < -0.3 is 14.8 Å². The molecule has 0 aromatic carbocycles. The smallest absolute Gasteiger partial charge is 0.434 e. The molecule has 0 spiro atoms. The molecule has 0 amide bonds. The highest BCUT2D eigenvalue weighted by molar-refractivity contribution is 5.86. The molecule has 0 aliphatic carbocycles. The first-order valence-electron chi connectivity index (χ1n) is 4.86. The second-order valence-corrected chi connectivity index (χ2v) is 3.17. The van der Waals surface area contributed by atoms with Gasteiger partial charge in [0.2, 0.25) is 0 Å². The van der Waals surface area contributed by atoms with Gasteiger partial charge in [0, 0.05) is 0 Å². The van der Waals surface area contributed by atoms with Gasteiger partial charge in [-0.1, -0.05) is 13.3 Å². The predicted octanol–water partition coefficient (Wildman–Crippen LogP) is 0.828. The molecule has 5 nitrogen and oxygen atoms in total. The Morgan fingerprint density at radius 3 is 2.71 bits per heavy atom. The molecule has 1 rings (SSSR count). The maximum atomic E-state index is 11.1. The molecular weight excluding hydrogens is 186 g/mol. The molecule has 0 saturated carbocycles. The molecule has 0 aromatic rings. The van der Waals surface area contributed by atoms with E-state index in [0.717, 1.165) is 25.8 Å². The summed E-state index contributed by atoms with van der Waals surface area (Å²) in [7, 11) is 0. The Hall–Kier alpha value is -1.10. The Kier molecular flexibility index (Phi) is 4.39. The highest BCUT2D eigenvalue weighted by atomic mass is 16.7. The van der Waals surface area contributed by atoms with Crippen LogP contribution >= 0.6 is 0 Å². The summed E-state index contributed by atoms with van der Waals surface area (Å²) in [4.78, 5) is 22.0. The van der Waals surface area contributed by atoms with Crippen LogP contribution in [0.25, 0.3) is 0 Å². The lowest BCUT2D eigenvalue weighted by molar-refractivity contribution is -0.144. The van der Waals surface area contributed by atoms with E-state index >= 15 is 0 Å². The van der Waals surface area contributed by atoms with Crippen molar-refractivity contribution in [2.24, 2.45) is 0 Å². The van der Waals surface area contributed by atoms with Crippen molar-refractivity contribution < 1.29 is 19.1 Å². The van der Waals surface area contributed by atoms with E-state index < -0.39 is 12.1 Å². The summed E-state index contributed by atoms with van der Waals surface area (Å²) in [5, 5.41) is 2.84. The van der Waals surface area contributed by atoms with Gasteiger partial charge in [-0.2, -0.15) is 0 Å². The van der Waals surface area contributed by atoms with Crippen molar-refractivity contribution in [2.45, 2.75) is 32.2 Å². The zero-order chi connectivity index (χ0) is 10.4. The van der Waals surface area contributed by atoms with Crippen LogP contribution in [-0.2, 0) is 14.3 Å². The molecule has 14 heavy (non-hydrogen) atoms. The summed E-state index contributed by atoms with van der Waals surface area (Å²) < 4.78 is 9.10. The monoisotopic (exact) mass is 201 g/mol. The van der Waals surface area contributed by atoms with Gasteiger partial charge in [0.15, 0.2) is 0 Å². The molecule has 1 saturated heterocycles. The van der Waals surface area contributed by atoms with Crippen molar-refractivity contribution in [1.29, 1.82) is 0 Å². The maximum absolute atomic E-state index is 11.1. The average Bonchev–Trinajstić information content (AvgIpc) is 2.00. The molecular formula is C9H15NO4. The average molecular weight is 201 g/mol. The molecule has 1 aliphatic heterocycles. The first kappa shape index (κ1) is 11.0. The van der Waals surface area contributed by atoms with Crippen molar-refractivity contribution in [3.8, 4) is 0 Å². The lowest BCUT2D eigenvalue weighted by atomic mass is 10.1. The fraction of sp³-hybridized carbons (Fsp3) is 0.778. The lowest BCUT2D eigenvalue weighted by Gasteiger charge is -2.24. The van der Waals surface area contributed by atoms with Gasteiger partial charge in [-0.3, -0.25) is 0 Å². The minimum absolute atomic E-state index is 0.306. The van der Waals surface area contributed by atoms with Gasteiger partial charge >= 0.3 is 12.1 Å². The summed E-state index contributed by atoms with van der Waals surface area (Å²) in [6.07, 6.45) is 1.55. The number of carbonyl (C=O) groups is 2.